The number of ether oxygens (including phenoxy) is 2. The molecular formula is C12H10ClN3O4. The lowest BCUT2D eigenvalue weighted by atomic mass is 10.3. The third-order valence-electron chi connectivity index (χ3n) is 2.46. The summed E-state index contributed by atoms with van der Waals surface area (Å²) in [6, 6.07) is 4.03. The van der Waals surface area contributed by atoms with Gasteiger partial charge in [-0.3, -0.25) is 10.1 Å². The molecule has 0 aliphatic rings. The Morgan fingerprint density at radius 2 is 2.10 bits per heavy atom. The van der Waals surface area contributed by atoms with Gasteiger partial charge in [0, 0.05) is 17.8 Å². The van der Waals surface area contributed by atoms with Gasteiger partial charge >= 0.3 is 0 Å². The number of benzene rings is 1. The third-order valence-corrected chi connectivity index (χ3v) is 2.64. The van der Waals surface area contributed by atoms with E-state index in [2.05, 4.69) is 9.97 Å². The Morgan fingerprint density at radius 1 is 1.35 bits per heavy atom. The summed E-state index contributed by atoms with van der Waals surface area (Å²) in [6.07, 6.45) is 1.49. The lowest BCUT2D eigenvalue weighted by molar-refractivity contribution is -0.384. The van der Waals surface area contributed by atoms with E-state index in [1.165, 1.54) is 31.5 Å². The Labute approximate surface area is 119 Å². The van der Waals surface area contributed by atoms with Crippen molar-refractivity contribution >= 4 is 17.3 Å². The van der Waals surface area contributed by atoms with Crippen LogP contribution in [0.2, 0.25) is 5.28 Å². The maximum atomic E-state index is 10.8. The van der Waals surface area contributed by atoms with Crippen LogP contribution < -0.4 is 9.47 Å². The lowest BCUT2D eigenvalue weighted by Crippen LogP contribution is -1.97. The van der Waals surface area contributed by atoms with Gasteiger partial charge in [0.1, 0.15) is 0 Å². The summed E-state index contributed by atoms with van der Waals surface area (Å²) in [6.45, 7) is 1.73. The van der Waals surface area contributed by atoms with E-state index in [4.69, 9.17) is 21.1 Å². The van der Waals surface area contributed by atoms with E-state index >= 15 is 0 Å². The van der Waals surface area contributed by atoms with Gasteiger partial charge in [-0.2, -0.15) is 4.98 Å². The number of hydrogen-bond donors (Lipinski definition) is 0. The second-order valence-electron chi connectivity index (χ2n) is 3.82. The standard InChI is InChI=1S/C12H10ClN3O4/c1-7-6-14-12(13)15-11(7)20-10-5-8(16(17)18)3-4-9(10)19-2/h3-6H,1-2H3. The number of non-ortho nitro benzene ring substituents is 1. The largest absolute Gasteiger partial charge is 0.493 e. The maximum absolute atomic E-state index is 10.8. The SMILES string of the molecule is COc1ccc([N+](=O)[O-])cc1Oc1nc(Cl)ncc1C. The van der Waals surface area contributed by atoms with Crippen LogP contribution in [0.4, 0.5) is 5.69 Å². The molecule has 2 rings (SSSR count). The van der Waals surface area contributed by atoms with Crippen LogP contribution in [-0.2, 0) is 0 Å². The van der Waals surface area contributed by atoms with Crippen LogP contribution in [0, 0.1) is 17.0 Å². The Hall–Kier alpha value is -2.41. The number of halogens is 1. The molecule has 0 saturated carbocycles. The number of aromatic nitrogens is 2. The van der Waals surface area contributed by atoms with Gasteiger partial charge < -0.3 is 9.47 Å². The molecule has 0 saturated heterocycles. The van der Waals surface area contributed by atoms with Gasteiger partial charge in [0.15, 0.2) is 11.5 Å². The summed E-state index contributed by atoms with van der Waals surface area (Å²) >= 11 is 5.70. The Morgan fingerprint density at radius 3 is 2.75 bits per heavy atom. The van der Waals surface area contributed by atoms with Crippen molar-refractivity contribution in [3.8, 4) is 17.4 Å². The molecule has 8 heteroatoms. The fourth-order valence-electron chi connectivity index (χ4n) is 1.47. The number of nitro benzene ring substituents is 1. The van der Waals surface area contributed by atoms with Crippen LogP contribution in [0.3, 0.4) is 0 Å². The van der Waals surface area contributed by atoms with Crippen molar-refractivity contribution in [1.29, 1.82) is 0 Å². The second kappa shape index (κ2) is 5.70. The lowest BCUT2D eigenvalue weighted by Gasteiger charge is -2.10. The van der Waals surface area contributed by atoms with Crippen molar-refractivity contribution in [2.24, 2.45) is 0 Å². The molecule has 0 aliphatic heterocycles. The zero-order chi connectivity index (χ0) is 14.7. The highest BCUT2D eigenvalue weighted by Crippen LogP contribution is 2.35. The van der Waals surface area contributed by atoms with Crippen molar-refractivity contribution in [2.45, 2.75) is 6.92 Å². The van der Waals surface area contributed by atoms with Gasteiger partial charge in [0.25, 0.3) is 5.69 Å². The predicted molar refractivity (Wildman–Crippen MR) is 71.5 cm³/mol. The highest BCUT2D eigenvalue weighted by atomic mass is 35.5. The quantitative estimate of drug-likeness (QED) is 0.489. The van der Waals surface area contributed by atoms with Crippen LogP contribution in [0.5, 0.6) is 17.4 Å². The number of methoxy groups -OCH3 is 1. The van der Waals surface area contributed by atoms with Gasteiger partial charge in [-0.05, 0) is 24.6 Å². The van der Waals surface area contributed by atoms with E-state index in [0.717, 1.165) is 0 Å². The summed E-state index contributed by atoms with van der Waals surface area (Å²) in [7, 11) is 1.44. The normalized spacial score (nSPS) is 10.2. The van der Waals surface area contributed by atoms with Gasteiger partial charge in [0.05, 0.1) is 18.1 Å². The van der Waals surface area contributed by atoms with E-state index in [-0.39, 0.29) is 22.6 Å². The smallest absolute Gasteiger partial charge is 0.273 e. The molecule has 0 fully saturated rings. The predicted octanol–water partition coefficient (Wildman–Crippen LogP) is 3.15. The molecule has 0 spiro atoms. The molecule has 0 atom stereocenters. The highest BCUT2D eigenvalue weighted by molar-refractivity contribution is 6.28. The van der Waals surface area contributed by atoms with Crippen LogP contribution in [0.15, 0.2) is 24.4 Å². The third kappa shape index (κ3) is 2.94. The van der Waals surface area contributed by atoms with Gasteiger partial charge in [-0.25, -0.2) is 4.98 Å². The fraction of sp³-hybridized carbons (Fsp3) is 0.167. The van der Waals surface area contributed by atoms with Crippen molar-refractivity contribution in [3.63, 3.8) is 0 Å². The molecule has 104 valence electrons. The molecule has 0 amide bonds. The van der Waals surface area contributed by atoms with Crippen molar-refractivity contribution in [1.82, 2.24) is 9.97 Å². The minimum atomic E-state index is -0.522. The molecule has 2 aromatic rings. The zero-order valence-corrected chi connectivity index (χ0v) is 11.4. The van der Waals surface area contributed by atoms with E-state index in [1.807, 2.05) is 0 Å². The molecule has 7 nitrogen and oxygen atoms in total. The van der Waals surface area contributed by atoms with Crippen LogP contribution in [0.25, 0.3) is 0 Å². The molecule has 0 bridgehead atoms. The van der Waals surface area contributed by atoms with Crippen molar-refractivity contribution in [2.75, 3.05) is 7.11 Å². The Bertz CT molecular complexity index is 663. The average Bonchev–Trinajstić information content (AvgIpc) is 2.42. The Kier molecular flexibility index (Phi) is 3.99. The monoisotopic (exact) mass is 295 g/mol. The number of aryl methyl sites for hydroxylation is 1. The van der Waals surface area contributed by atoms with Crippen LogP contribution >= 0.6 is 11.6 Å². The first kappa shape index (κ1) is 14.0. The summed E-state index contributed by atoms with van der Waals surface area (Å²) in [5, 5.41) is 10.8. The summed E-state index contributed by atoms with van der Waals surface area (Å²) < 4.78 is 10.6. The van der Waals surface area contributed by atoms with Crippen molar-refractivity contribution < 1.29 is 14.4 Å². The summed E-state index contributed by atoms with van der Waals surface area (Å²) in [4.78, 5) is 18.0. The minimum Gasteiger partial charge on any atom is -0.493 e. The zero-order valence-electron chi connectivity index (χ0n) is 10.7. The van der Waals surface area contributed by atoms with Crippen molar-refractivity contribution in [3.05, 3.63) is 45.4 Å². The molecule has 1 heterocycles. The molecule has 0 N–H and O–H groups in total. The van der Waals surface area contributed by atoms with E-state index in [9.17, 15) is 10.1 Å². The molecule has 20 heavy (non-hydrogen) atoms. The molecular weight excluding hydrogens is 286 g/mol. The first-order chi connectivity index (χ1) is 9.51. The number of hydrogen-bond acceptors (Lipinski definition) is 6. The summed E-state index contributed by atoms with van der Waals surface area (Å²) in [5.41, 5.74) is 0.529. The number of rotatable bonds is 4. The van der Waals surface area contributed by atoms with Gasteiger partial charge in [-0.15, -0.1) is 0 Å². The van der Waals surface area contributed by atoms with Crippen LogP contribution in [-0.4, -0.2) is 22.0 Å². The fourth-order valence-corrected chi connectivity index (χ4v) is 1.60. The minimum absolute atomic E-state index is 0.0231. The topological polar surface area (TPSA) is 87.4 Å². The van der Waals surface area contributed by atoms with Gasteiger partial charge in [-0.1, -0.05) is 0 Å². The number of nitrogens with zero attached hydrogens (tertiary/aromatic N) is 3. The molecule has 0 radical (unpaired) electrons. The summed E-state index contributed by atoms with van der Waals surface area (Å²) in [5.74, 6) is 0.744. The van der Waals surface area contributed by atoms with Gasteiger partial charge in [0.2, 0.25) is 11.2 Å². The molecule has 0 unspecified atom stereocenters. The maximum Gasteiger partial charge on any atom is 0.273 e. The van der Waals surface area contributed by atoms with Crippen LogP contribution in [0.1, 0.15) is 5.56 Å². The second-order valence-corrected chi connectivity index (χ2v) is 4.16. The molecule has 1 aromatic heterocycles. The molecule has 0 aliphatic carbocycles. The van der Waals surface area contributed by atoms with E-state index < -0.39 is 4.92 Å². The average molecular weight is 296 g/mol. The number of nitro groups is 1. The highest BCUT2D eigenvalue weighted by Gasteiger charge is 2.15. The molecule has 1 aromatic carbocycles. The first-order valence-corrected chi connectivity index (χ1v) is 5.88. The van der Waals surface area contributed by atoms with E-state index in [1.54, 1.807) is 6.92 Å². The Balaban J connectivity index is 2.43. The first-order valence-electron chi connectivity index (χ1n) is 5.50. The van der Waals surface area contributed by atoms with E-state index in [0.29, 0.717) is 11.3 Å².